The van der Waals surface area contributed by atoms with Gasteiger partial charge >= 0.3 is 0 Å². The van der Waals surface area contributed by atoms with E-state index in [2.05, 4.69) is 15.4 Å². The van der Waals surface area contributed by atoms with Crippen molar-refractivity contribution in [2.45, 2.75) is 20.4 Å². The molecule has 0 aliphatic carbocycles. The number of pyridine rings is 1. The molecule has 94 valence electrons. The van der Waals surface area contributed by atoms with Gasteiger partial charge in [0.15, 0.2) is 0 Å². The van der Waals surface area contributed by atoms with E-state index >= 15 is 0 Å². The van der Waals surface area contributed by atoms with Gasteiger partial charge in [0.25, 0.3) is 5.56 Å². The van der Waals surface area contributed by atoms with Crippen LogP contribution in [0, 0.1) is 6.92 Å². The lowest BCUT2D eigenvalue weighted by atomic mass is 10.3. The Labute approximate surface area is 105 Å². The molecule has 0 saturated heterocycles. The molecule has 1 N–H and O–H groups in total. The molecule has 5 heteroatoms. The van der Waals surface area contributed by atoms with E-state index in [1.165, 1.54) is 10.7 Å². The lowest BCUT2D eigenvalue weighted by molar-refractivity contribution is 0.627. The quantitative estimate of drug-likeness (QED) is 0.883. The van der Waals surface area contributed by atoms with Crippen LogP contribution in [0.3, 0.4) is 0 Å². The maximum atomic E-state index is 11.6. The van der Waals surface area contributed by atoms with E-state index in [1.807, 2.05) is 26.0 Å². The van der Waals surface area contributed by atoms with Crippen molar-refractivity contribution < 1.29 is 0 Å². The van der Waals surface area contributed by atoms with Gasteiger partial charge in [0, 0.05) is 18.8 Å². The molecule has 18 heavy (non-hydrogen) atoms. The second-order valence-electron chi connectivity index (χ2n) is 4.05. The van der Waals surface area contributed by atoms with Crippen molar-refractivity contribution in [3.8, 4) is 0 Å². The van der Waals surface area contributed by atoms with Crippen LogP contribution < -0.4 is 10.9 Å². The van der Waals surface area contributed by atoms with E-state index in [0.717, 1.165) is 23.6 Å². The lowest BCUT2D eigenvalue weighted by Gasteiger charge is -2.06. The topological polar surface area (TPSA) is 59.8 Å². The van der Waals surface area contributed by atoms with Crippen molar-refractivity contribution in [3.63, 3.8) is 0 Å². The van der Waals surface area contributed by atoms with Crippen LogP contribution in [0.5, 0.6) is 0 Å². The highest BCUT2D eigenvalue weighted by Crippen LogP contribution is 2.05. The van der Waals surface area contributed by atoms with Gasteiger partial charge in [-0.05, 0) is 31.5 Å². The largest absolute Gasteiger partial charge is 0.370 e. The third kappa shape index (κ3) is 2.94. The van der Waals surface area contributed by atoms with Gasteiger partial charge in [0.2, 0.25) is 0 Å². The van der Waals surface area contributed by atoms with E-state index < -0.39 is 0 Å². The molecule has 0 spiro atoms. The number of aryl methyl sites for hydroxylation is 1. The maximum Gasteiger partial charge on any atom is 0.267 e. The summed E-state index contributed by atoms with van der Waals surface area (Å²) in [7, 11) is 0. The Kier molecular flexibility index (Phi) is 3.72. The fourth-order valence-corrected chi connectivity index (χ4v) is 1.64. The van der Waals surface area contributed by atoms with Crippen LogP contribution in [0.4, 0.5) is 5.82 Å². The van der Waals surface area contributed by atoms with Crippen molar-refractivity contribution >= 4 is 5.82 Å². The molecule has 0 aliphatic heterocycles. The average Bonchev–Trinajstić information content (AvgIpc) is 2.37. The predicted octanol–water partition coefficient (Wildman–Crippen LogP) is 1.43. The smallest absolute Gasteiger partial charge is 0.267 e. The summed E-state index contributed by atoms with van der Waals surface area (Å²) in [5.41, 5.74) is 1.68. The molecular formula is C13H16N4O. The van der Waals surface area contributed by atoms with Gasteiger partial charge in [-0.15, -0.1) is 0 Å². The van der Waals surface area contributed by atoms with Gasteiger partial charge in [-0.2, -0.15) is 5.10 Å². The highest BCUT2D eigenvalue weighted by molar-refractivity contribution is 5.35. The van der Waals surface area contributed by atoms with Crippen LogP contribution in [0.2, 0.25) is 0 Å². The van der Waals surface area contributed by atoms with E-state index in [1.54, 1.807) is 12.3 Å². The first-order valence-corrected chi connectivity index (χ1v) is 5.92. The first-order valence-electron chi connectivity index (χ1n) is 5.92. The van der Waals surface area contributed by atoms with Gasteiger partial charge in [-0.25, -0.2) is 9.67 Å². The second kappa shape index (κ2) is 5.44. The Morgan fingerprint density at radius 3 is 2.78 bits per heavy atom. The Bertz CT molecular complexity index is 574. The molecule has 0 radical (unpaired) electrons. The van der Waals surface area contributed by atoms with E-state index in [-0.39, 0.29) is 5.56 Å². The number of hydrogen-bond donors (Lipinski definition) is 1. The SMILES string of the molecule is CCNc1ccc(Cn2nc(C)ccc2=O)cn1. The highest BCUT2D eigenvalue weighted by atomic mass is 16.1. The number of anilines is 1. The normalized spacial score (nSPS) is 10.3. The van der Waals surface area contributed by atoms with E-state index in [4.69, 9.17) is 0 Å². The van der Waals surface area contributed by atoms with Crippen molar-refractivity contribution in [2.24, 2.45) is 0 Å². The third-order valence-electron chi connectivity index (χ3n) is 2.51. The third-order valence-corrected chi connectivity index (χ3v) is 2.51. The van der Waals surface area contributed by atoms with Crippen LogP contribution in [0.15, 0.2) is 35.3 Å². The molecule has 0 fully saturated rings. The van der Waals surface area contributed by atoms with E-state index in [9.17, 15) is 4.79 Å². The van der Waals surface area contributed by atoms with Gasteiger partial charge in [-0.3, -0.25) is 4.79 Å². The van der Waals surface area contributed by atoms with Crippen molar-refractivity contribution in [3.05, 3.63) is 52.1 Å². The standard InChI is InChI=1S/C13H16N4O/c1-3-14-12-6-5-11(8-15-12)9-17-13(18)7-4-10(2)16-17/h4-8H,3,9H2,1-2H3,(H,14,15). The van der Waals surface area contributed by atoms with Gasteiger partial charge in [0.05, 0.1) is 12.2 Å². The molecule has 2 aromatic heterocycles. The minimum atomic E-state index is -0.101. The predicted molar refractivity (Wildman–Crippen MR) is 70.7 cm³/mol. The fraction of sp³-hybridized carbons (Fsp3) is 0.308. The molecule has 0 aliphatic rings. The van der Waals surface area contributed by atoms with Crippen molar-refractivity contribution in [1.82, 2.24) is 14.8 Å². The summed E-state index contributed by atoms with van der Waals surface area (Å²) < 4.78 is 1.44. The number of aromatic nitrogens is 3. The zero-order chi connectivity index (χ0) is 13.0. The van der Waals surface area contributed by atoms with Gasteiger partial charge in [0.1, 0.15) is 5.82 Å². The fourth-order valence-electron chi connectivity index (χ4n) is 1.64. The minimum absolute atomic E-state index is 0.101. The van der Waals surface area contributed by atoms with Crippen LogP contribution in [-0.4, -0.2) is 21.3 Å². The Morgan fingerprint density at radius 2 is 2.11 bits per heavy atom. The number of rotatable bonds is 4. The molecule has 2 rings (SSSR count). The first-order chi connectivity index (χ1) is 8.69. The maximum absolute atomic E-state index is 11.6. The number of hydrogen-bond acceptors (Lipinski definition) is 4. The second-order valence-corrected chi connectivity index (χ2v) is 4.05. The average molecular weight is 244 g/mol. The Morgan fingerprint density at radius 1 is 1.28 bits per heavy atom. The molecule has 5 nitrogen and oxygen atoms in total. The lowest BCUT2D eigenvalue weighted by Crippen LogP contribution is -2.23. The zero-order valence-electron chi connectivity index (χ0n) is 10.6. The summed E-state index contributed by atoms with van der Waals surface area (Å²) in [5.74, 6) is 0.839. The van der Waals surface area contributed by atoms with Crippen molar-refractivity contribution in [2.75, 3.05) is 11.9 Å². The molecule has 2 aromatic rings. The molecular weight excluding hydrogens is 228 g/mol. The number of nitrogens with zero attached hydrogens (tertiary/aromatic N) is 3. The summed E-state index contributed by atoms with van der Waals surface area (Å²) >= 11 is 0. The summed E-state index contributed by atoms with van der Waals surface area (Å²) in [6.45, 7) is 5.17. The summed E-state index contributed by atoms with van der Waals surface area (Å²) in [6, 6.07) is 7.09. The van der Waals surface area contributed by atoms with Crippen LogP contribution in [0.25, 0.3) is 0 Å². The Balaban J connectivity index is 2.18. The van der Waals surface area contributed by atoms with Gasteiger partial charge < -0.3 is 5.32 Å². The molecule has 0 amide bonds. The molecule has 0 atom stereocenters. The first kappa shape index (κ1) is 12.3. The summed E-state index contributed by atoms with van der Waals surface area (Å²) in [5, 5.41) is 7.31. The minimum Gasteiger partial charge on any atom is -0.370 e. The monoisotopic (exact) mass is 244 g/mol. The van der Waals surface area contributed by atoms with Crippen LogP contribution >= 0.6 is 0 Å². The molecule has 0 saturated carbocycles. The molecule has 0 unspecified atom stereocenters. The molecule has 0 bridgehead atoms. The van der Waals surface area contributed by atoms with Crippen molar-refractivity contribution in [1.29, 1.82) is 0 Å². The number of nitrogens with one attached hydrogen (secondary N) is 1. The van der Waals surface area contributed by atoms with Crippen LogP contribution in [0.1, 0.15) is 18.2 Å². The summed E-state index contributed by atoms with van der Waals surface area (Å²) in [4.78, 5) is 15.9. The van der Waals surface area contributed by atoms with E-state index in [0.29, 0.717) is 6.54 Å². The summed E-state index contributed by atoms with van der Waals surface area (Å²) in [6.07, 6.45) is 1.76. The molecule has 0 aromatic carbocycles. The molecule has 2 heterocycles. The van der Waals surface area contributed by atoms with Gasteiger partial charge in [-0.1, -0.05) is 6.07 Å². The Hall–Kier alpha value is -2.17. The zero-order valence-corrected chi connectivity index (χ0v) is 10.6. The highest BCUT2D eigenvalue weighted by Gasteiger charge is 2.00. The van der Waals surface area contributed by atoms with Crippen LogP contribution in [-0.2, 0) is 6.54 Å².